The van der Waals surface area contributed by atoms with Crippen LogP contribution in [-0.2, 0) is 0 Å². The second-order valence-corrected chi connectivity index (χ2v) is 5.49. The summed E-state index contributed by atoms with van der Waals surface area (Å²) >= 11 is 8.87. The van der Waals surface area contributed by atoms with Crippen molar-refractivity contribution in [2.75, 3.05) is 5.32 Å². The molecule has 2 aromatic carbocycles. The van der Waals surface area contributed by atoms with E-state index in [1.165, 1.54) is 6.07 Å². The van der Waals surface area contributed by atoms with E-state index in [0.29, 0.717) is 10.7 Å². The molecule has 0 aliphatic carbocycles. The smallest absolute Gasteiger partial charge is 0.261 e. The Morgan fingerprint density at radius 3 is 2.35 bits per heavy atom. The van der Waals surface area contributed by atoms with E-state index >= 15 is 0 Å². The molecule has 0 heterocycles. The van der Waals surface area contributed by atoms with Crippen molar-refractivity contribution in [1.29, 1.82) is 0 Å². The minimum atomic E-state index is -0.937. The summed E-state index contributed by atoms with van der Waals surface area (Å²) in [6, 6.07) is 6.88. The molecular weight excluding hydrogens is 352 g/mol. The van der Waals surface area contributed by atoms with E-state index in [4.69, 9.17) is 11.6 Å². The molecule has 6 heteroatoms. The van der Waals surface area contributed by atoms with Crippen LogP contribution in [-0.4, -0.2) is 5.91 Å². The zero-order valence-corrected chi connectivity index (χ0v) is 12.6. The Morgan fingerprint density at radius 1 is 1.20 bits per heavy atom. The van der Waals surface area contributed by atoms with Gasteiger partial charge in [-0.05, 0) is 36.8 Å². The van der Waals surface area contributed by atoms with Crippen LogP contribution in [0.5, 0.6) is 0 Å². The summed E-state index contributed by atoms with van der Waals surface area (Å²) in [6.45, 7) is 1.81. The summed E-state index contributed by atoms with van der Waals surface area (Å²) < 4.78 is 27.5. The summed E-state index contributed by atoms with van der Waals surface area (Å²) in [6.07, 6.45) is 0. The fraction of sp³-hybridized carbons (Fsp3) is 0.0714. The second kappa shape index (κ2) is 5.89. The van der Waals surface area contributed by atoms with Gasteiger partial charge in [0.25, 0.3) is 5.91 Å². The molecule has 0 spiro atoms. The lowest BCUT2D eigenvalue weighted by atomic mass is 10.1. The zero-order valence-electron chi connectivity index (χ0n) is 10.3. The van der Waals surface area contributed by atoms with E-state index in [0.717, 1.165) is 17.7 Å². The Morgan fingerprint density at radius 2 is 1.80 bits per heavy atom. The standard InChI is InChI=1S/C14H9BrClF2NO/c1-7-2-3-9(6-10(7)16)19-14(20)13-11(17)4-8(15)5-12(13)18/h2-6H,1H3,(H,19,20). The Bertz CT molecular complexity index is 668. The molecule has 0 saturated carbocycles. The Hall–Kier alpha value is -1.46. The molecule has 0 atom stereocenters. The SMILES string of the molecule is Cc1ccc(NC(=O)c2c(F)cc(Br)cc2F)cc1Cl. The minimum Gasteiger partial charge on any atom is -0.322 e. The van der Waals surface area contributed by atoms with Crippen molar-refractivity contribution in [2.45, 2.75) is 6.92 Å². The maximum atomic E-state index is 13.7. The van der Waals surface area contributed by atoms with Crippen LogP contribution >= 0.6 is 27.5 Å². The van der Waals surface area contributed by atoms with Gasteiger partial charge >= 0.3 is 0 Å². The van der Waals surface area contributed by atoms with E-state index in [1.54, 1.807) is 12.1 Å². The number of halogens is 4. The lowest BCUT2D eigenvalue weighted by Crippen LogP contribution is -2.16. The highest BCUT2D eigenvalue weighted by atomic mass is 79.9. The van der Waals surface area contributed by atoms with Gasteiger partial charge in [0.1, 0.15) is 17.2 Å². The molecule has 20 heavy (non-hydrogen) atoms. The number of benzene rings is 2. The fourth-order valence-electron chi connectivity index (χ4n) is 1.62. The van der Waals surface area contributed by atoms with Gasteiger partial charge in [0.15, 0.2) is 0 Å². The normalized spacial score (nSPS) is 10.4. The molecular formula is C14H9BrClF2NO. The van der Waals surface area contributed by atoms with Gasteiger partial charge in [-0.25, -0.2) is 8.78 Å². The van der Waals surface area contributed by atoms with Gasteiger partial charge in [0.05, 0.1) is 0 Å². The average Bonchev–Trinajstić information content (AvgIpc) is 2.32. The third-order valence-electron chi connectivity index (χ3n) is 2.66. The van der Waals surface area contributed by atoms with Crippen LogP contribution in [0.1, 0.15) is 15.9 Å². The largest absolute Gasteiger partial charge is 0.322 e. The van der Waals surface area contributed by atoms with Crippen molar-refractivity contribution >= 4 is 39.1 Å². The van der Waals surface area contributed by atoms with E-state index in [9.17, 15) is 13.6 Å². The third kappa shape index (κ3) is 3.16. The number of nitrogens with one attached hydrogen (secondary N) is 1. The average molecular weight is 361 g/mol. The molecule has 0 fully saturated rings. The number of amides is 1. The van der Waals surface area contributed by atoms with E-state index in [1.807, 2.05) is 6.92 Å². The Balaban J connectivity index is 2.31. The number of carbonyl (C=O) groups is 1. The Labute approximate surface area is 127 Å². The predicted molar refractivity (Wildman–Crippen MR) is 78.2 cm³/mol. The molecule has 0 unspecified atom stereocenters. The Kier molecular flexibility index (Phi) is 4.40. The highest BCUT2D eigenvalue weighted by Crippen LogP contribution is 2.23. The first-order chi connectivity index (χ1) is 9.38. The fourth-order valence-corrected chi connectivity index (χ4v) is 2.21. The minimum absolute atomic E-state index is 0.224. The van der Waals surface area contributed by atoms with Crippen LogP contribution in [0, 0.1) is 18.6 Å². The number of carbonyl (C=O) groups excluding carboxylic acids is 1. The second-order valence-electron chi connectivity index (χ2n) is 4.16. The van der Waals surface area contributed by atoms with Crippen molar-refractivity contribution in [3.8, 4) is 0 Å². The van der Waals surface area contributed by atoms with E-state index < -0.39 is 23.1 Å². The molecule has 0 aromatic heterocycles. The monoisotopic (exact) mass is 359 g/mol. The molecule has 2 aromatic rings. The lowest BCUT2D eigenvalue weighted by Gasteiger charge is -2.08. The van der Waals surface area contributed by atoms with Gasteiger partial charge in [-0.2, -0.15) is 0 Å². The van der Waals surface area contributed by atoms with Crippen LogP contribution < -0.4 is 5.32 Å². The first-order valence-corrected chi connectivity index (χ1v) is 6.77. The van der Waals surface area contributed by atoms with Gasteiger partial charge in [0, 0.05) is 15.2 Å². The van der Waals surface area contributed by atoms with Crippen LogP contribution in [0.4, 0.5) is 14.5 Å². The number of hydrogen-bond donors (Lipinski definition) is 1. The van der Waals surface area contributed by atoms with Gasteiger partial charge in [-0.3, -0.25) is 4.79 Å². The molecule has 0 aliphatic heterocycles. The number of rotatable bonds is 2. The quantitative estimate of drug-likeness (QED) is 0.807. The zero-order chi connectivity index (χ0) is 14.9. The van der Waals surface area contributed by atoms with Crippen molar-refractivity contribution in [2.24, 2.45) is 0 Å². The van der Waals surface area contributed by atoms with Crippen molar-refractivity contribution in [3.05, 3.63) is 62.6 Å². The molecule has 0 bridgehead atoms. The lowest BCUT2D eigenvalue weighted by molar-refractivity contribution is 0.101. The van der Waals surface area contributed by atoms with Gasteiger partial charge < -0.3 is 5.32 Å². The highest BCUT2D eigenvalue weighted by molar-refractivity contribution is 9.10. The highest BCUT2D eigenvalue weighted by Gasteiger charge is 2.18. The molecule has 2 rings (SSSR count). The first-order valence-electron chi connectivity index (χ1n) is 5.60. The van der Waals surface area contributed by atoms with Crippen LogP contribution in [0.25, 0.3) is 0 Å². The topological polar surface area (TPSA) is 29.1 Å². The summed E-state index contributed by atoms with van der Waals surface area (Å²) in [4.78, 5) is 11.9. The summed E-state index contributed by atoms with van der Waals surface area (Å²) in [5, 5.41) is 2.87. The molecule has 104 valence electrons. The molecule has 2 nitrogen and oxygen atoms in total. The maximum absolute atomic E-state index is 13.7. The molecule has 0 saturated heterocycles. The van der Waals surface area contributed by atoms with E-state index in [-0.39, 0.29) is 4.47 Å². The number of anilines is 1. The van der Waals surface area contributed by atoms with Crippen molar-refractivity contribution in [1.82, 2.24) is 0 Å². The molecule has 0 radical (unpaired) electrons. The third-order valence-corrected chi connectivity index (χ3v) is 3.53. The van der Waals surface area contributed by atoms with Crippen molar-refractivity contribution < 1.29 is 13.6 Å². The van der Waals surface area contributed by atoms with Crippen molar-refractivity contribution in [3.63, 3.8) is 0 Å². The first kappa shape index (κ1) is 14.9. The van der Waals surface area contributed by atoms with Gasteiger partial charge in [0.2, 0.25) is 0 Å². The maximum Gasteiger partial charge on any atom is 0.261 e. The number of aryl methyl sites for hydroxylation is 1. The van der Waals surface area contributed by atoms with Gasteiger partial charge in [-0.15, -0.1) is 0 Å². The summed E-state index contributed by atoms with van der Waals surface area (Å²) in [5.41, 5.74) is 0.572. The van der Waals surface area contributed by atoms with Crippen LogP contribution in [0.3, 0.4) is 0 Å². The number of hydrogen-bond acceptors (Lipinski definition) is 1. The van der Waals surface area contributed by atoms with Crippen LogP contribution in [0.15, 0.2) is 34.8 Å². The molecule has 1 amide bonds. The molecule has 1 N–H and O–H groups in total. The van der Waals surface area contributed by atoms with Gasteiger partial charge in [-0.1, -0.05) is 33.6 Å². The predicted octanol–water partition coefficient (Wildman–Crippen LogP) is 4.94. The summed E-state index contributed by atoms with van der Waals surface area (Å²) in [5.74, 6) is -2.74. The molecule has 0 aliphatic rings. The summed E-state index contributed by atoms with van der Waals surface area (Å²) in [7, 11) is 0. The van der Waals surface area contributed by atoms with Crippen LogP contribution in [0.2, 0.25) is 5.02 Å². The van der Waals surface area contributed by atoms with E-state index in [2.05, 4.69) is 21.2 Å².